The van der Waals surface area contributed by atoms with Crippen molar-refractivity contribution in [3.63, 3.8) is 0 Å². The first kappa shape index (κ1) is 20.8. The van der Waals surface area contributed by atoms with Gasteiger partial charge in [0.25, 0.3) is 0 Å². The molecule has 0 spiro atoms. The summed E-state index contributed by atoms with van der Waals surface area (Å²) in [4.78, 5) is 12.5. The molecule has 0 atom stereocenters. The van der Waals surface area contributed by atoms with Gasteiger partial charge in [0.2, 0.25) is 5.75 Å². The Balaban J connectivity index is 1.64. The molecule has 0 amide bonds. The molecule has 154 valence electrons. The van der Waals surface area contributed by atoms with Crippen LogP contribution in [0.15, 0.2) is 79.0 Å². The highest BCUT2D eigenvalue weighted by molar-refractivity contribution is 6.05. The SMILES string of the molecule is COc1cc(C(=O)/C=C/Nc2ccc(Oc3ccccc3)cc2)cc(OC)c1OC. The molecule has 6 heteroatoms. The van der Waals surface area contributed by atoms with E-state index in [9.17, 15) is 4.79 Å². The van der Waals surface area contributed by atoms with Crippen molar-refractivity contribution in [2.45, 2.75) is 0 Å². The first-order valence-electron chi connectivity index (χ1n) is 9.25. The number of hydrogen-bond acceptors (Lipinski definition) is 6. The molecule has 0 unspecified atom stereocenters. The van der Waals surface area contributed by atoms with Crippen LogP contribution in [-0.2, 0) is 0 Å². The highest BCUT2D eigenvalue weighted by atomic mass is 16.5. The zero-order valence-corrected chi connectivity index (χ0v) is 17.0. The average Bonchev–Trinajstić information content (AvgIpc) is 2.79. The van der Waals surface area contributed by atoms with Gasteiger partial charge in [0.15, 0.2) is 17.3 Å². The fraction of sp³-hybridized carbons (Fsp3) is 0.125. The van der Waals surface area contributed by atoms with Crippen LogP contribution >= 0.6 is 0 Å². The summed E-state index contributed by atoms with van der Waals surface area (Å²) < 4.78 is 21.6. The van der Waals surface area contributed by atoms with Gasteiger partial charge in [-0.15, -0.1) is 0 Å². The Morgan fingerprint density at radius 1 is 0.800 bits per heavy atom. The van der Waals surface area contributed by atoms with Crippen LogP contribution in [0.2, 0.25) is 0 Å². The lowest BCUT2D eigenvalue weighted by atomic mass is 10.1. The minimum atomic E-state index is -0.203. The molecular formula is C24H23NO5. The van der Waals surface area contributed by atoms with Crippen LogP contribution in [0.4, 0.5) is 5.69 Å². The molecule has 3 rings (SSSR count). The number of ketones is 1. The van der Waals surface area contributed by atoms with Crippen molar-refractivity contribution < 1.29 is 23.7 Å². The van der Waals surface area contributed by atoms with Crippen molar-refractivity contribution in [2.24, 2.45) is 0 Å². The maximum absolute atomic E-state index is 12.5. The summed E-state index contributed by atoms with van der Waals surface area (Å²) in [6, 6.07) is 20.2. The third-order valence-corrected chi connectivity index (χ3v) is 4.27. The summed E-state index contributed by atoms with van der Waals surface area (Å²) in [6.07, 6.45) is 3.02. The van der Waals surface area contributed by atoms with Crippen molar-refractivity contribution in [1.29, 1.82) is 0 Å². The number of allylic oxidation sites excluding steroid dienone is 1. The zero-order chi connectivity index (χ0) is 21.3. The van der Waals surface area contributed by atoms with Crippen molar-refractivity contribution in [2.75, 3.05) is 26.6 Å². The second-order valence-electron chi connectivity index (χ2n) is 6.20. The van der Waals surface area contributed by atoms with Gasteiger partial charge in [-0.2, -0.15) is 0 Å². The van der Waals surface area contributed by atoms with Crippen LogP contribution in [0, 0.1) is 0 Å². The molecule has 3 aromatic rings. The van der Waals surface area contributed by atoms with E-state index in [0.29, 0.717) is 22.8 Å². The third kappa shape index (κ3) is 5.11. The Morgan fingerprint density at radius 3 is 1.97 bits per heavy atom. The summed E-state index contributed by atoms with van der Waals surface area (Å²) in [6.45, 7) is 0. The predicted octanol–water partition coefficient (Wildman–Crippen LogP) is 5.31. The molecule has 0 bridgehead atoms. The summed E-state index contributed by atoms with van der Waals surface area (Å²) in [5, 5.41) is 3.07. The Hall–Kier alpha value is -3.93. The highest BCUT2D eigenvalue weighted by Crippen LogP contribution is 2.38. The van der Waals surface area contributed by atoms with E-state index < -0.39 is 0 Å². The fourth-order valence-electron chi connectivity index (χ4n) is 2.78. The number of para-hydroxylation sites is 1. The number of hydrogen-bond donors (Lipinski definition) is 1. The smallest absolute Gasteiger partial charge is 0.203 e. The second kappa shape index (κ2) is 10.0. The monoisotopic (exact) mass is 405 g/mol. The third-order valence-electron chi connectivity index (χ3n) is 4.27. The molecule has 30 heavy (non-hydrogen) atoms. The van der Waals surface area contributed by atoms with Crippen LogP contribution < -0.4 is 24.3 Å². The summed E-state index contributed by atoms with van der Waals surface area (Å²) in [5.41, 5.74) is 1.25. The van der Waals surface area contributed by atoms with E-state index in [1.165, 1.54) is 27.4 Å². The normalized spacial score (nSPS) is 10.5. The number of nitrogens with one attached hydrogen (secondary N) is 1. The van der Waals surface area contributed by atoms with Gasteiger partial charge in [0, 0.05) is 23.5 Å². The summed E-state index contributed by atoms with van der Waals surface area (Å²) in [5.74, 6) is 2.59. The van der Waals surface area contributed by atoms with E-state index in [0.717, 1.165) is 17.2 Å². The van der Waals surface area contributed by atoms with Gasteiger partial charge >= 0.3 is 0 Å². The van der Waals surface area contributed by atoms with Gasteiger partial charge in [0.05, 0.1) is 21.3 Å². The van der Waals surface area contributed by atoms with Crippen molar-refractivity contribution in [3.8, 4) is 28.7 Å². The zero-order valence-electron chi connectivity index (χ0n) is 17.0. The molecule has 6 nitrogen and oxygen atoms in total. The molecule has 0 heterocycles. The Morgan fingerprint density at radius 2 is 1.40 bits per heavy atom. The quantitative estimate of drug-likeness (QED) is 0.384. The van der Waals surface area contributed by atoms with E-state index in [2.05, 4.69) is 5.32 Å². The van der Waals surface area contributed by atoms with E-state index in [1.54, 1.807) is 18.3 Å². The molecule has 0 aliphatic carbocycles. The molecule has 0 aliphatic heterocycles. The van der Waals surface area contributed by atoms with Crippen LogP contribution in [-0.4, -0.2) is 27.1 Å². The lowest BCUT2D eigenvalue weighted by molar-refractivity contribution is 0.104. The van der Waals surface area contributed by atoms with E-state index >= 15 is 0 Å². The van der Waals surface area contributed by atoms with Crippen molar-refractivity contribution in [3.05, 3.63) is 84.6 Å². The maximum Gasteiger partial charge on any atom is 0.203 e. The molecule has 3 aromatic carbocycles. The largest absolute Gasteiger partial charge is 0.493 e. The minimum Gasteiger partial charge on any atom is -0.493 e. The van der Waals surface area contributed by atoms with Crippen LogP contribution in [0.25, 0.3) is 0 Å². The molecule has 0 saturated carbocycles. The molecule has 0 fully saturated rings. The fourth-order valence-corrected chi connectivity index (χ4v) is 2.78. The topological polar surface area (TPSA) is 66.0 Å². The molecule has 0 saturated heterocycles. The lowest BCUT2D eigenvalue weighted by Crippen LogP contribution is -2.01. The Labute approximate surface area is 175 Å². The van der Waals surface area contributed by atoms with E-state index in [4.69, 9.17) is 18.9 Å². The van der Waals surface area contributed by atoms with Gasteiger partial charge in [-0.1, -0.05) is 18.2 Å². The van der Waals surface area contributed by atoms with Crippen LogP contribution in [0.1, 0.15) is 10.4 Å². The first-order valence-corrected chi connectivity index (χ1v) is 9.25. The number of methoxy groups -OCH3 is 3. The molecule has 0 aromatic heterocycles. The number of benzene rings is 3. The predicted molar refractivity (Wildman–Crippen MR) is 116 cm³/mol. The molecule has 1 N–H and O–H groups in total. The van der Waals surface area contributed by atoms with Gasteiger partial charge in [-0.25, -0.2) is 0 Å². The maximum atomic E-state index is 12.5. The van der Waals surface area contributed by atoms with Crippen LogP contribution in [0.5, 0.6) is 28.7 Å². The average molecular weight is 405 g/mol. The lowest BCUT2D eigenvalue weighted by Gasteiger charge is -2.13. The van der Waals surface area contributed by atoms with Gasteiger partial charge in [-0.3, -0.25) is 4.79 Å². The molecular weight excluding hydrogens is 382 g/mol. The van der Waals surface area contributed by atoms with Gasteiger partial charge in [-0.05, 0) is 48.5 Å². The summed E-state index contributed by atoms with van der Waals surface area (Å²) >= 11 is 0. The molecule has 0 aliphatic rings. The van der Waals surface area contributed by atoms with E-state index in [1.807, 2.05) is 54.6 Å². The number of rotatable bonds is 9. The van der Waals surface area contributed by atoms with Gasteiger partial charge in [0.1, 0.15) is 11.5 Å². The number of carbonyl (C=O) groups excluding carboxylic acids is 1. The summed E-state index contributed by atoms with van der Waals surface area (Å²) in [7, 11) is 4.53. The van der Waals surface area contributed by atoms with Crippen molar-refractivity contribution in [1.82, 2.24) is 0 Å². The van der Waals surface area contributed by atoms with Crippen molar-refractivity contribution >= 4 is 11.5 Å². The number of anilines is 1. The number of ether oxygens (including phenoxy) is 4. The minimum absolute atomic E-state index is 0.203. The Bertz CT molecular complexity index is 989. The standard InChI is InChI=1S/C24H23NO5/c1-27-22-15-17(16-23(28-2)24(22)29-3)21(26)13-14-25-18-9-11-20(12-10-18)30-19-7-5-4-6-8-19/h4-16,25H,1-3H3/b14-13+. The van der Waals surface area contributed by atoms with E-state index in [-0.39, 0.29) is 5.78 Å². The highest BCUT2D eigenvalue weighted by Gasteiger charge is 2.15. The first-order chi connectivity index (χ1) is 14.6. The van der Waals surface area contributed by atoms with Gasteiger partial charge < -0.3 is 24.3 Å². The molecule has 0 radical (unpaired) electrons. The number of carbonyl (C=O) groups is 1. The second-order valence-corrected chi connectivity index (χ2v) is 6.20. The Kier molecular flexibility index (Phi) is 6.95. The van der Waals surface area contributed by atoms with Crippen LogP contribution in [0.3, 0.4) is 0 Å².